The number of benzene rings is 2. The summed E-state index contributed by atoms with van der Waals surface area (Å²) in [6.07, 6.45) is 8.17. The molecule has 5 atom stereocenters. The summed E-state index contributed by atoms with van der Waals surface area (Å²) in [6.45, 7) is 6.61. The van der Waals surface area contributed by atoms with E-state index in [0.717, 1.165) is 36.1 Å². The first-order valence-electron chi connectivity index (χ1n) is 14.1. The molecule has 0 radical (unpaired) electrons. The largest absolute Gasteiger partial charge is 0.464 e. The Morgan fingerprint density at radius 3 is 2.58 bits per heavy atom. The molecule has 1 fully saturated rings. The Hall–Kier alpha value is -3.68. The molecule has 0 spiro atoms. The van der Waals surface area contributed by atoms with Crippen molar-refractivity contribution in [3.63, 3.8) is 0 Å². The number of amides is 2. The number of hydrogen-bond donors (Lipinski definition) is 2. The van der Waals surface area contributed by atoms with E-state index in [-0.39, 0.29) is 23.8 Å². The molecule has 1 aliphatic rings. The molecule has 1 saturated heterocycles. The minimum Gasteiger partial charge on any atom is -0.464 e. The fraction of sp³-hybridized carbons (Fsp3) is 0.394. The molecule has 4 unspecified atom stereocenters. The molecular weight excluding hydrogens is 502 g/mol. The highest BCUT2D eigenvalue weighted by Crippen LogP contribution is 2.24. The van der Waals surface area contributed by atoms with Crippen LogP contribution in [0.4, 0.5) is 0 Å². The highest BCUT2D eigenvalue weighted by Gasteiger charge is 2.36. The van der Waals surface area contributed by atoms with Gasteiger partial charge in [-0.25, -0.2) is 0 Å². The van der Waals surface area contributed by atoms with Gasteiger partial charge >= 0.3 is 0 Å². The first-order chi connectivity index (χ1) is 19.3. The molecule has 4 rings (SSSR count). The number of likely N-dealkylation sites (tertiary alicyclic amines) is 1. The lowest BCUT2D eigenvalue weighted by Gasteiger charge is -2.31. The van der Waals surface area contributed by atoms with E-state index in [0.29, 0.717) is 13.2 Å². The van der Waals surface area contributed by atoms with Gasteiger partial charge in [0.2, 0.25) is 11.8 Å². The fourth-order valence-corrected chi connectivity index (χ4v) is 5.06. The van der Waals surface area contributed by atoms with Gasteiger partial charge in [0, 0.05) is 12.1 Å². The molecule has 1 aliphatic heterocycles. The molecule has 212 valence electrons. The first-order valence-corrected chi connectivity index (χ1v) is 14.1. The van der Waals surface area contributed by atoms with Gasteiger partial charge in [0.05, 0.1) is 31.1 Å². The number of rotatable bonds is 12. The van der Waals surface area contributed by atoms with E-state index in [1.165, 1.54) is 5.56 Å². The Labute approximate surface area is 237 Å². The minimum absolute atomic E-state index is 0.0274. The number of furan rings is 1. The lowest BCUT2D eigenvalue weighted by atomic mass is 9.97. The Morgan fingerprint density at radius 1 is 1.07 bits per heavy atom. The molecule has 3 N–H and O–H groups in total. The summed E-state index contributed by atoms with van der Waals surface area (Å²) in [4.78, 5) is 28.2. The lowest BCUT2D eigenvalue weighted by molar-refractivity contribution is -0.141. The van der Waals surface area contributed by atoms with E-state index in [1.807, 2.05) is 54.3 Å². The Kier molecular flexibility index (Phi) is 10.3. The van der Waals surface area contributed by atoms with Gasteiger partial charge in [-0.2, -0.15) is 0 Å². The summed E-state index contributed by atoms with van der Waals surface area (Å²) in [6, 6.07) is 20.5. The van der Waals surface area contributed by atoms with Crippen LogP contribution in [0.1, 0.15) is 44.7 Å². The van der Waals surface area contributed by atoms with Crippen LogP contribution in [0, 0.1) is 5.92 Å². The average Bonchev–Trinajstić information content (AvgIpc) is 3.66. The van der Waals surface area contributed by atoms with E-state index < -0.39 is 18.2 Å². The predicted octanol–water partition coefficient (Wildman–Crippen LogP) is 5.11. The van der Waals surface area contributed by atoms with Crippen LogP contribution < -0.4 is 11.1 Å². The molecule has 3 aromatic rings. The van der Waals surface area contributed by atoms with Crippen LogP contribution in [0.3, 0.4) is 0 Å². The topological polar surface area (TPSA) is 97.8 Å². The van der Waals surface area contributed by atoms with Gasteiger partial charge < -0.3 is 25.1 Å². The number of hydrogen-bond acceptors (Lipinski definition) is 5. The normalized spacial score (nSPS) is 18.4. The van der Waals surface area contributed by atoms with E-state index in [1.54, 1.807) is 13.2 Å². The number of ether oxygens (including phenoxy) is 1. The van der Waals surface area contributed by atoms with Gasteiger partial charge in [-0.05, 0) is 68.4 Å². The quantitative estimate of drug-likeness (QED) is 0.310. The Bertz CT molecular complexity index is 1260. The summed E-state index contributed by atoms with van der Waals surface area (Å²) in [5, 5.41) is 2.85. The summed E-state index contributed by atoms with van der Waals surface area (Å²) in [5.41, 5.74) is 9.12. The van der Waals surface area contributed by atoms with Gasteiger partial charge in [-0.1, -0.05) is 67.6 Å². The molecule has 0 bridgehead atoms. The van der Waals surface area contributed by atoms with Crippen molar-refractivity contribution in [1.29, 1.82) is 0 Å². The third-order valence-corrected chi connectivity index (χ3v) is 7.34. The number of carbonyl (C=O) groups is 2. The van der Waals surface area contributed by atoms with Crippen molar-refractivity contribution >= 4 is 11.8 Å². The third-order valence-electron chi connectivity index (χ3n) is 7.34. The van der Waals surface area contributed by atoms with E-state index in [2.05, 4.69) is 48.7 Å². The maximum atomic E-state index is 13.8. The molecule has 0 saturated carbocycles. The summed E-state index contributed by atoms with van der Waals surface area (Å²) >= 11 is 0. The molecule has 2 amide bonds. The highest BCUT2D eigenvalue weighted by atomic mass is 16.5. The third kappa shape index (κ3) is 7.93. The standard InChI is InChI=1S/C33H41N3O4/c1-23(20-27-12-7-13-28(21-27)30-15-9-19-39-30)16-17-29-14-8-18-36(29)33(38)31(35-32(37)24(2)34)25(3)40-22-26-10-5-4-6-11-26/h4-7,9-13,15-17,19,21,23-25,29,31H,8,14,18,20,22,34H2,1-3H3,(H,35,37)/b17-16+/t23-,24?,25?,29?,31?/m1/s1. The van der Waals surface area contributed by atoms with Crippen molar-refractivity contribution in [2.24, 2.45) is 11.7 Å². The molecule has 0 aliphatic carbocycles. The number of nitrogens with two attached hydrogens (primary N) is 1. The molecule has 7 heteroatoms. The second-order valence-corrected chi connectivity index (χ2v) is 10.8. The zero-order chi connectivity index (χ0) is 28.5. The molecule has 2 heterocycles. The molecule has 40 heavy (non-hydrogen) atoms. The lowest BCUT2D eigenvalue weighted by Crippen LogP contribution is -2.57. The molecule has 1 aromatic heterocycles. The smallest absolute Gasteiger partial charge is 0.248 e. The average molecular weight is 544 g/mol. The van der Waals surface area contributed by atoms with Crippen molar-refractivity contribution in [1.82, 2.24) is 10.2 Å². The summed E-state index contributed by atoms with van der Waals surface area (Å²) < 4.78 is 11.6. The van der Waals surface area contributed by atoms with Crippen LogP contribution in [0.5, 0.6) is 0 Å². The molecule has 2 aromatic carbocycles. The summed E-state index contributed by atoms with van der Waals surface area (Å²) in [7, 11) is 0. The van der Waals surface area contributed by atoms with Crippen LogP contribution >= 0.6 is 0 Å². The zero-order valence-electron chi connectivity index (χ0n) is 23.7. The SMILES string of the molecule is CC(N)C(=O)NC(C(=O)N1CCCC1/C=C/[C@@H](C)Cc1cccc(-c2ccco2)c1)C(C)OCc1ccccc1. The van der Waals surface area contributed by atoms with Crippen molar-refractivity contribution in [3.8, 4) is 11.3 Å². The number of nitrogens with one attached hydrogen (secondary N) is 1. The van der Waals surface area contributed by atoms with Crippen molar-refractivity contribution in [2.75, 3.05) is 6.54 Å². The van der Waals surface area contributed by atoms with Gasteiger partial charge in [-0.15, -0.1) is 0 Å². The van der Waals surface area contributed by atoms with Gasteiger partial charge in [0.25, 0.3) is 0 Å². The van der Waals surface area contributed by atoms with Crippen molar-refractivity contribution in [2.45, 2.75) is 70.9 Å². The van der Waals surface area contributed by atoms with Crippen LogP contribution in [-0.4, -0.2) is 47.5 Å². The molecule has 7 nitrogen and oxygen atoms in total. The minimum atomic E-state index is -0.821. The van der Waals surface area contributed by atoms with Gasteiger partial charge in [-0.3, -0.25) is 9.59 Å². The second-order valence-electron chi connectivity index (χ2n) is 10.8. The highest BCUT2D eigenvalue weighted by molar-refractivity contribution is 5.90. The van der Waals surface area contributed by atoms with Gasteiger partial charge in [0.1, 0.15) is 11.8 Å². The fourth-order valence-electron chi connectivity index (χ4n) is 5.06. The van der Waals surface area contributed by atoms with Crippen LogP contribution in [-0.2, 0) is 27.4 Å². The van der Waals surface area contributed by atoms with Crippen molar-refractivity contribution in [3.05, 3.63) is 96.3 Å². The van der Waals surface area contributed by atoms with Crippen LogP contribution in [0.2, 0.25) is 0 Å². The van der Waals surface area contributed by atoms with Gasteiger partial charge in [0.15, 0.2) is 0 Å². The Morgan fingerprint density at radius 2 is 1.85 bits per heavy atom. The maximum absolute atomic E-state index is 13.8. The maximum Gasteiger partial charge on any atom is 0.248 e. The van der Waals surface area contributed by atoms with E-state index in [4.69, 9.17) is 14.9 Å². The Balaban J connectivity index is 1.41. The number of carbonyl (C=O) groups excluding carboxylic acids is 2. The van der Waals surface area contributed by atoms with Crippen LogP contribution in [0.15, 0.2) is 89.6 Å². The predicted molar refractivity (Wildman–Crippen MR) is 157 cm³/mol. The summed E-state index contributed by atoms with van der Waals surface area (Å²) in [5.74, 6) is 0.634. The second kappa shape index (κ2) is 14.1. The van der Waals surface area contributed by atoms with E-state index >= 15 is 0 Å². The monoisotopic (exact) mass is 543 g/mol. The first kappa shape index (κ1) is 29.3. The van der Waals surface area contributed by atoms with Crippen molar-refractivity contribution < 1.29 is 18.7 Å². The van der Waals surface area contributed by atoms with Crippen LogP contribution in [0.25, 0.3) is 11.3 Å². The number of nitrogens with zero attached hydrogens (tertiary/aromatic N) is 1. The molecular formula is C33H41N3O4. The number of allylic oxidation sites excluding steroid dienone is 1. The zero-order valence-corrected chi connectivity index (χ0v) is 23.7. The van der Waals surface area contributed by atoms with E-state index in [9.17, 15) is 9.59 Å².